The van der Waals surface area contributed by atoms with Gasteiger partial charge in [-0.05, 0) is 74.3 Å². The van der Waals surface area contributed by atoms with Gasteiger partial charge < -0.3 is 5.32 Å². The van der Waals surface area contributed by atoms with Gasteiger partial charge in [-0.1, -0.05) is 20.8 Å². The molecule has 18 heavy (non-hydrogen) atoms. The normalized spacial score (nSPS) is 29.5. The maximum atomic E-state index is 3.45. The summed E-state index contributed by atoms with van der Waals surface area (Å²) in [5.74, 6) is 2.26. The van der Waals surface area contributed by atoms with Gasteiger partial charge in [-0.3, -0.25) is 0 Å². The largest absolute Gasteiger partial charge is 0.319 e. The van der Waals surface area contributed by atoms with E-state index in [1.807, 2.05) is 11.8 Å². The zero-order valence-electron chi connectivity index (χ0n) is 13.1. The maximum absolute atomic E-state index is 3.45. The van der Waals surface area contributed by atoms with Crippen molar-refractivity contribution >= 4 is 11.8 Å². The summed E-state index contributed by atoms with van der Waals surface area (Å²) >= 11 is 1.99. The van der Waals surface area contributed by atoms with Crippen LogP contribution in [0.4, 0.5) is 0 Å². The van der Waals surface area contributed by atoms with Crippen LogP contribution in [-0.4, -0.2) is 25.6 Å². The first-order chi connectivity index (χ1) is 8.43. The molecule has 1 nitrogen and oxygen atoms in total. The minimum absolute atomic E-state index is 0.505. The van der Waals surface area contributed by atoms with Crippen LogP contribution < -0.4 is 5.32 Å². The minimum Gasteiger partial charge on any atom is -0.319 e. The average molecular weight is 272 g/mol. The van der Waals surface area contributed by atoms with E-state index < -0.39 is 0 Å². The quantitative estimate of drug-likeness (QED) is 0.710. The smallest absolute Gasteiger partial charge is 0.000481 e. The lowest BCUT2D eigenvalue weighted by Gasteiger charge is -2.44. The molecule has 1 N–H and O–H groups in total. The van der Waals surface area contributed by atoms with Gasteiger partial charge in [0.2, 0.25) is 0 Å². The maximum Gasteiger partial charge on any atom is 0.000481 e. The van der Waals surface area contributed by atoms with Crippen LogP contribution in [0.1, 0.15) is 59.3 Å². The molecular weight excluding hydrogens is 238 g/mol. The highest BCUT2D eigenvalue weighted by Gasteiger charge is 2.37. The van der Waals surface area contributed by atoms with Gasteiger partial charge in [-0.2, -0.15) is 11.8 Å². The first-order valence-electron chi connectivity index (χ1n) is 7.57. The summed E-state index contributed by atoms with van der Waals surface area (Å²) < 4.78 is 0. The topological polar surface area (TPSA) is 12.0 Å². The standard InChI is InChI=1S/C16H33NS/c1-15(2,3)14-7-10-16(11-8-14,13-17-4)9-6-12-18-5/h14,17H,6-13H2,1-5H3. The Labute approximate surface area is 119 Å². The van der Waals surface area contributed by atoms with E-state index in [9.17, 15) is 0 Å². The molecule has 0 aromatic heterocycles. The highest BCUT2D eigenvalue weighted by molar-refractivity contribution is 7.98. The van der Waals surface area contributed by atoms with Gasteiger partial charge in [0.05, 0.1) is 0 Å². The molecule has 0 radical (unpaired) electrons. The molecule has 1 aliphatic rings. The summed E-state index contributed by atoms with van der Waals surface area (Å²) in [5, 5.41) is 3.45. The Kier molecular flexibility index (Phi) is 6.54. The Bertz CT molecular complexity index is 224. The zero-order valence-corrected chi connectivity index (χ0v) is 14.0. The fraction of sp³-hybridized carbons (Fsp3) is 1.00. The van der Waals surface area contributed by atoms with E-state index in [1.165, 1.54) is 50.8 Å². The Morgan fingerprint density at radius 1 is 1.22 bits per heavy atom. The molecule has 1 aliphatic carbocycles. The predicted molar refractivity (Wildman–Crippen MR) is 85.4 cm³/mol. The van der Waals surface area contributed by atoms with E-state index >= 15 is 0 Å². The first kappa shape index (κ1) is 16.4. The van der Waals surface area contributed by atoms with Crippen LogP contribution in [0.15, 0.2) is 0 Å². The SMILES string of the molecule is CNCC1(CCCSC)CCC(C(C)(C)C)CC1. The van der Waals surface area contributed by atoms with Crippen LogP contribution in [0.2, 0.25) is 0 Å². The molecule has 1 saturated carbocycles. The van der Waals surface area contributed by atoms with Crippen LogP contribution in [0.5, 0.6) is 0 Å². The molecular formula is C16H33NS. The number of nitrogens with one attached hydrogen (secondary N) is 1. The van der Waals surface area contributed by atoms with Crippen molar-refractivity contribution in [3.8, 4) is 0 Å². The molecule has 108 valence electrons. The van der Waals surface area contributed by atoms with Gasteiger partial charge in [-0.25, -0.2) is 0 Å². The van der Waals surface area contributed by atoms with E-state index in [0.29, 0.717) is 10.8 Å². The summed E-state index contributed by atoms with van der Waals surface area (Å²) in [4.78, 5) is 0. The Balaban J connectivity index is 2.51. The third-order valence-electron chi connectivity index (χ3n) is 4.88. The lowest BCUT2D eigenvalue weighted by molar-refractivity contribution is 0.0808. The van der Waals surface area contributed by atoms with Gasteiger partial charge >= 0.3 is 0 Å². The molecule has 0 heterocycles. The van der Waals surface area contributed by atoms with Crippen molar-refractivity contribution in [1.29, 1.82) is 0 Å². The summed E-state index contributed by atoms with van der Waals surface area (Å²) in [6.45, 7) is 8.46. The van der Waals surface area contributed by atoms with Crippen molar-refractivity contribution in [2.75, 3.05) is 25.6 Å². The number of hydrogen-bond donors (Lipinski definition) is 1. The van der Waals surface area contributed by atoms with Crippen LogP contribution in [-0.2, 0) is 0 Å². The Hall–Kier alpha value is 0.310. The molecule has 2 heteroatoms. The van der Waals surface area contributed by atoms with Gasteiger partial charge in [-0.15, -0.1) is 0 Å². The molecule has 0 aromatic rings. The van der Waals surface area contributed by atoms with Crippen molar-refractivity contribution in [2.24, 2.45) is 16.7 Å². The summed E-state index contributed by atoms with van der Waals surface area (Å²) in [7, 11) is 2.12. The Morgan fingerprint density at radius 3 is 2.28 bits per heavy atom. The Morgan fingerprint density at radius 2 is 1.83 bits per heavy atom. The molecule has 0 aromatic carbocycles. The van der Waals surface area contributed by atoms with Crippen LogP contribution in [0.25, 0.3) is 0 Å². The van der Waals surface area contributed by atoms with Crippen LogP contribution in [0, 0.1) is 16.7 Å². The van der Waals surface area contributed by atoms with Gasteiger partial charge in [0.15, 0.2) is 0 Å². The van der Waals surface area contributed by atoms with Crippen molar-refractivity contribution in [3.63, 3.8) is 0 Å². The zero-order chi connectivity index (χ0) is 13.6. The molecule has 1 fully saturated rings. The lowest BCUT2D eigenvalue weighted by atomic mass is 9.62. The molecule has 0 spiro atoms. The highest BCUT2D eigenvalue weighted by atomic mass is 32.2. The van der Waals surface area contributed by atoms with Crippen LogP contribution >= 0.6 is 11.8 Å². The number of rotatable bonds is 6. The second kappa shape index (κ2) is 7.19. The highest BCUT2D eigenvalue weighted by Crippen LogP contribution is 2.47. The van der Waals surface area contributed by atoms with Crippen molar-refractivity contribution in [2.45, 2.75) is 59.3 Å². The third kappa shape index (κ3) is 4.77. The van der Waals surface area contributed by atoms with Gasteiger partial charge in [0.25, 0.3) is 0 Å². The molecule has 0 bridgehead atoms. The number of hydrogen-bond acceptors (Lipinski definition) is 2. The third-order valence-corrected chi connectivity index (χ3v) is 5.58. The van der Waals surface area contributed by atoms with Crippen LogP contribution in [0.3, 0.4) is 0 Å². The van der Waals surface area contributed by atoms with E-state index in [2.05, 4.69) is 39.4 Å². The lowest BCUT2D eigenvalue weighted by Crippen LogP contribution is -2.39. The molecule has 0 unspecified atom stereocenters. The fourth-order valence-electron chi connectivity index (χ4n) is 3.58. The first-order valence-corrected chi connectivity index (χ1v) is 8.96. The van der Waals surface area contributed by atoms with Gasteiger partial charge in [0.1, 0.15) is 0 Å². The predicted octanol–water partition coefficient (Wildman–Crippen LogP) is 4.57. The van der Waals surface area contributed by atoms with E-state index in [4.69, 9.17) is 0 Å². The molecule has 0 saturated heterocycles. The number of thioether (sulfide) groups is 1. The summed E-state index contributed by atoms with van der Waals surface area (Å²) in [5.41, 5.74) is 1.11. The van der Waals surface area contributed by atoms with E-state index in [1.54, 1.807) is 0 Å². The monoisotopic (exact) mass is 271 g/mol. The van der Waals surface area contributed by atoms with Crippen molar-refractivity contribution in [1.82, 2.24) is 5.32 Å². The molecule has 0 aliphatic heterocycles. The fourth-order valence-corrected chi connectivity index (χ4v) is 4.01. The minimum atomic E-state index is 0.505. The van der Waals surface area contributed by atoms with Crippen molar-refractivity contribution in [3.05, 3.63) is 0 Å². The molecule has 0 amide bonds. The van der Waals surface area contributed by atoms with Gasteiger partial charge in [0, 0.05) is 6.54 Å². The second-order valence-electron chi connectivity index (χ2n) is 7.27. The van der Waals surface area contributed by atoms with E-state index in [-0.39, 0.29) is 0 Å². The summed E-state index contributed by atoms with van der Waals surface area (Å²) in [6.07, 6.45) is 10.8. The van der Waals surface area contributed by atoms with Crippen molar-refractivity contribution < 1.29 is 0 Å². The molecule has 1 rings (SSSR count). The second-order valence-corrected chi connectivity index (χ2v) is 8.25. The average Bonchev–Trinajstić information content (AvgIpc) is 2.29. The summed E-state index contributed by atoms with van der Waals surface area (Å²) in [6, 6.07) is 0. The molecule has 0 atom stereocenters. The van der Waals surface area contributed by atoms with E-state index in [0.717, 1.165) is 5.92 Å².